The summed E-state index contributed by atoms with van der Waals surface area (Å²) in [5, 5.41) is 3.15. The lowest BCUT2D eigenvalue weighted by Gasteiger charge is -2.00. The van der Waals surface area contributed by atoms with Crippen LogP contribution in [0, 0.1) is 0 Å². The van der Waals surface area contributed by atoms with Crippen LogP contribution in [0.5, 0.6) is 0 Å². The minimum atomic E-state index is -2.43. The molecule has 0 atom stereocenters. The van der Waals surface area contributed by atoms with Crippen molar-refractivity contribution in [3.63, 3.8) is 0 Å². The maximum Gasteiger partial charge on any atom is 0.318 e. The summed E-state index contributed by atoms with van der Waals surface area (Å²) in [4.78, 5) is 0. The molecule has 0 spiro atoms. The Balaban J connectivity index is 2.40. The molecule has 0 saturated heterocycles. The van der Waals surface area contributed by atoms with E-state index in [9.17, 15) is 8.78 Å². The second-order valence-electron chi connectivity index (χ2n) is 2.92. The van der Waals surface area contributed by atoms with Gasteiger partial charge in [0.25, 0.3) is 0 Å². The zero-order chi connectivity index (χ0) is 9.68. The Labute approximate surface area is 76.6 Å². The Morgan fingerprint density at radius 1 is 1.54 bits per heavy atom. The molecule has 1 aromatic rings. The number of rotatable bonds is 5. The van der Waals surface area contributed by atoms with Crippen LogP contribution in [-0.2, 0) is 6.54 Å². The molecule has 0 aliphatic carbocycles. The first-order valence-electron chi connectivity index (χ1n) is 4.39. The van der Waals surface area contributed by atoms with Crippen LogP contribution in [-0.4, -0.2) is 11.1 Å². The van der Waals surface area contributed by atoms with Gasteiger partial charge in [0, 0.05) is 18.9 Å². The van der Waals surface area contributed by atoms with Crippen molar-refractivity contribution in [2.45, 2.75) is 26.4 Å². The van der Waals surface area contributed by atoms with E-state index in [1.54, 1.807) is 6.07 Å². The van der Waals surface area contributed by atoms with Crippen molar-refractivity contribution in [1.82, 2.24) is 9.88 Å². The van der Waals surface area contributed by atoms with E-state index in [0.717, 1.165) is 23.1 Å². The van der Waals surface area contributed by atoms with Crippen molar-refractivity contribution in [2.24, 2.45) is 0 Å². The van der Waals surface area contributed by atoms with E-state index in [2.05, 4.69) is 12.2 Å². The van der Waals surface area contributed by atoms with Crippen LogP contribution < -0.4 is 5.32 Å². The molecular weight excluding hydrogens is 174 g/mol. The highest BCUT2D eigenvalue weighted by Crippen LogP contribution is 2.11. The molecular formula is C9H14F2N2. The van der Waals surface area contributed by atoms with Gasteiger partial charge in [-0.2, -0.15) is 8.78 Å². The molecule has 0 aliphatic heterocycles. The Morgan fingerprint density at radius 2 is 2.31 bits per heavy atom. The van der Waals surface area contributed by atoms with E-state index in [0.29, 0.717) is 6.54 Å². The summed E-state index contributed by atoms with van der Waals surface area (Å²) in [7, 11) is 0. The zero-order valence-corrected chi connectivity index (χ0v) is 7.63. The van der Waals surface area contributed by atoms with E-state index in [-0.39, 0.29) is 0 Å². The normalized spacial score (nSPS) is 11.1. The van der Waals surface area contributed by atoms with Crippen LogP contribution in [0.2, 0.25) is 0 Å². The highest BCUT2D eigenvalue weighted by atomic mass is 19.3. The maximum atomic E-state index is 12.1. The van der Waals surface area contributed by atoms with Crippen LogP contribution in [0.1, 0.15) is 25.5 Å². The Morgan fingerprint density at radius 3 is 2.85 bits per heavy atom. The molecule has 1 aromatic heterocycles. The van der Waals surface area contributed by atoms with Crippen molar-refractivity contribution in [3.8, 4) is 0 Å². The van der Waals surface area contributed by atoms with Gasteiger partial charge in [0.1, 0.15) is 0 Å². The number of nitrogens with one attached hydrogen (secondary N) is 1. The van der Waals surface area contributed by atoms with Crippen molar-refractivity contribution >= 4 is 0 Å². The first-order valence-corrected chi connectivity index (χ1v) is 4.39. The molecule has 74 valence electrons. The fraction of sp³-hybridized carbons (Fsp3) is 0.556. The molecule has 0 amide bonds. The summed E-state index contributed by atoms with van der Waals surface area (Å²) in [6, 6.07) is 1.70. The fourth-order valence-corrected chi connectivity index (χ4v) is 1.09. The van der Waals surface area contributed by atoms with Gasteiger partial charge >= 0.3 is 6.55 Å². The number of halogens is 2. The van der Waals surface area contributed by atoms with E-state index in [1.807, 2.05) is 0 Å². The quantitative estimate of drug-likeness (QED) is 0.702. The third-order valence-electron chi connectivity index (χ3n) is 1.76. The predicted molar refractivity (Wildman–Crippen MR) is 47.7 cm³/mol. The number of aromatic nitrogens is 1. The van der Waals surface area contributed by atoms with Gasteiger partial charge in [-0.15, -0.1) is 0 Å². The number of nitrogens with zero attached hydrogens (tertiary/aromatic N) is 1. The van der Waals surface area contributed by atoms with Gasteiger partial charge in [-0.1, -0.05) is 6.92 Å². The van der Waals surface area contributed by atoms with E-state index >= 15 is 0 Å². The minimum absolute atomic E-state index is 0.660. The fourth-order valence-electron chi connectivity index (χ4n) is 1.09. The Bertz CT molecular complexity index is 246. The summed E-state index contributed by atoms with van der Waals surface area (Å²) in [5.74, 6) is 0. The first kappa shape index (κ1) is 10.2. The van der Waals surface area contributed by atoms with E-state index in [1.165, 1.54) is 12.4 Å². The van der Waals surface area contributed by atoms with Gasteiger partial charge in [-0.05, 0) is 24.6 Å². The summed E-state index contributed by atoms with van der Waals surface area (Å²) in [6.45, 7) is 1.21. The molecule has 0 aromatic carbocycles. The molecule has 0 unspecified atom stereocenters. The predicted octanol–water partition coefficient (Wildman–Crippen LogP) is 2.38. The molecule has 13 heavy (non-hydrogen) atoms. The van der Waals surface area contributed by atoms with Gasteiger partial charge in [0.2, 0.25) is 0 Å². The van der Waals surface area contributed by atoms with Crippen molar-refractivity contribution < 1.29 is 8.78 Å². The van der Waals surface area contributed by atoms with Gasteiger partial charge in [-0.25, -0.2) is 0 Å². The molecule has 1 rings (SSSR count). The third-order valence-corrected chi connectivity index (χ3v) is 1.76. The van der Waals surface area contributed by atoms with Gasteiger partial charge in [0.05, 0.1) is 0 Å². The van der Waals surface area contributed by atoms with Crippen molar-refractivity contribution in [1.29, 1.82) is 0 Å². The molecule has 0 saturated carbocycles. The molecule has 0 aliphatic rings. The average molecular weight is 188 g/mol. The zero-order valence-electron chi connectivity index (χ0n) is 7.63. The smallest absolute Gasteiger partial charge is 0.313 e. The Kier molecular flexibility index (Phi) is 3.89. The molecule has 1 heterocycles. The van der Waals surface area contributed by atoms with Crippen molar-refractivity contribution in [2.75, 3.05) is 6.54 Å². The molecule has 4 heteroatoms. The largest absolute Gasteiger partial charge is 0.318 e. The lowest BCUT2D eigenvalue weighted by Crippen LogP contribution is -2.13. The number of hydrogen-bond donors (Lipinski definition) is 1. The minimum Gasteiger partial charge on any atom is -0.313 e. The molecule has 0 radical (unpaired) electrons. The van der Waals surface area contributed by atoms with Crippen LogP contribution in [0.3, 0.4) is 0 Å². The Hall–Kier alpha value is -0.900. The van der Waals surface area contributed by atoms with Gasteiger partial charge in [-0.3, -0.25) is 4.57 Å². The second kappa shape index (κ2) is 4.97. The lowest BCUT2D eigenvalue weighted by atomic mass is 10.3. The van der Waals surface area contributed by atoms with E-state index < -0.39 is 6.55 Å². The average Bonchev–Trinajstić information content (AvgIpc) is 2.53. The number of hydrogen-bond acceptors (Lipinski definition) is 1. The maximum absolute atomic E-state index is 12.1. The van der Waals surface area contributed by atoms with Crippen LogP contribution >= 0.6 is 0 Å². The summed E-state index contributed by atoms with van der Waals surface area (Å²) in [5.41, 5.74) is 0.897. The van der Waals surface area contributed by atoms with Gasteiger partial charge in [0.15, 0.2) is 0 Å². The summed E-state index contributed by atoms with van der Waals surface area (Å²) in [6.07, 6.45) is 3.91. The third kappa shape index (κ3) is 3.14. The van der Waals surface area contributed by atoms with Crippen LogP contribution in [0.4, 0.5) is 8.78 Å². The number of alkyl halides is 2. The van der Waals surface area contributed by atoms with E-state index in [4.69, 9.17) is 0 Å². The molecule has 0 fully saturated rings. The molecule has 1 N–H and O–H groups in total. The van der Waals surface area contributed by atoms with Crippen LogP contribution in [0.25, 0.3) is 0 Å². The topological polar surface area (TPSA) is 17.0 Å². The standard InChI is InChI=1S/C9H14F2N2/c1-2-4-12-6-8-3-5-13(7-8)9(10)11/h3,5,7,9,12H,2,4,6H2,1H3. The monoisotopic (exact) mass is 188 g/mol. The van der Waals surface area contributed by atoms with Crippen LogP contribution in [0.15, 0.2) is 18.5 Å². The first-order chi connectivity index (χ1) is 6.24. The second-order valence-corrected chi connectivity index (χ2v) is 2.92. The van der Waals surface area contributed by atoms with Gasteiger partial charge < -0.3 is 5.32 Å². The molecule has 2 nitrogen and oxygen atoms in total. The molecule has 0 bridgehead atoms. The summed E-state index contributed by atoms with van der Waals surface area (Å²) >= 11 is 0. The lowest BCUT2D eigenvalue weighted by molar-refractivity contribution is 0.0705. The highest BCUT2D eigenvalue weighted by molar-refractivity contribution is 5.09. The SMILES string of the molecule is CCCNCc1ccn(C(F)F)c1. The summed E-state index contributed by atoms with van der Waals surface area (Å²) < 4.78 is 25.1. The van der Waals surface area contributed by atoms with Crippen molar-refractivity contribution in [3.05, 3.63) is 24.0 Å². The highest BCUT2D eigenvalue weighted by Gasteiger charge is 2.04.